The van der Waals surface area contributed by atoms with Gasteiger partial charge in [0.05, 0.1) is 72.1 Å². The van der Waals surface area contributed by atoms with Crippen molar-refractivity contribution in [3.63, 3.8) is 0 Å². The Morgan fingerprint density at radius 3 is 1.98 bits per heavy atom. The summed E-state index contributed by atoms with van der Waals surface area (Å²) in [4.78, 5) is 54.6. The molecule has 16 nitrogen and oxygen atoms in total. The second-order valence-corrected chi connectivity index (χ2v) is 17.4. The molecule has 2 aromatic carbocycles. The van der Waals surface area contributed by atoms with E-state index >= 15 is 0 Å². The minimum absolute atomic E-state index is 0.145. The molecular weight excluding hydrogens is 801 g/mol. The van der Waals surface area contributed by atoms with Crippen molar-refractivity contribution in [2.45, 2.75) is 97.5 Å². The van der Waals surface area contributed by atoms with Gasteiger partial charge in [0.15, 0.2) is 0 Å². The number of nitrogens with one attached hydrogen (secondary N) is 3. The van der Waals surface area contributed by atoms with Crippen LogP contribution in [0.25, 0.3) is 0 Å². The Balaban J connectivity index is 1.17. The molecular formula is C46H70N4O12. The van der Waals surface area contributed by atoms with Crippen molar-refractivity contribution in [1.82, 2.24) is 20.9 Å². The Hall–Kier alpha value is -4.32. The number of amides is 4. The van der Waals surface area contributed by atoms with Gasteiger partial charge in [0.25, 0.3) is 0 Å². The van der Waals surface area contributed by atoms with Gasteiger partial charge in [-0.2, -0.15) is 0 Å². The number of ether oxygens (including phenoxy) is 8. The van der Waals surface area contributed by atoms with Crippen molar-refractivity contribution >= 4 is 23.8 Å². The van der Waals surface area contributed by atoms with Gasteiger partial charge in [0, 0.05) is 26.6 Å². The van der Waals surface area contributed by atoms with Crippen LogP contribution < -0.4 is 20.7 Å². The molecule has 1 heterocycles. The van der Waals surface area contributed by atoms with Crippen LogP contribution in [0.4, 0.5) is 4.79 Å². The Morgan fingerprint density at radius 2 is 1.37 bits per heavy atom. The molecule has 0 unspecified atom stereocenters. The predicted molar refractivity (Wildman–Crippen MR) is 232 cm³/mol. The van der Waals surface area contributed by atoms with E-state index in [0.717, 1.165) is 36.0 Å². The van der Waals surface area contributed by atoms with E-state index in [9.17, 15) is 19.2 Å². The third-order valence-electron chi connectivity index (χ3n) is 10.2. The first kappa shape index (κ1) is 50.3. The van der Waals surface area contributed by atoms with Crippen LogP contribution >= 0.6 is 0 Å². The van der Waals surface area contributed by atoms with Gasteiger partial charge in [0.2, 0.25) is 17.7 Å². The van der Waals surface area contributed by atoms with Crippen LogP contribution in [-0.4, -0.2) is 139 Å². The number of nitrogens with zero attached hydrogens (tertiary/aromatic N) is 1. The molecule has 3 N–H and O–H groups in total. The quantitative estimate of drug-likeness (QED) is 0.121. The third kappa shape index (κ3) is 17.4. The Bertz CT molecular complexity index is 1710. The molecule has 0 bridgehead atoms. The number of carbonyl (C=O) groups is 4. The lowest BCUT2D eigenvalue weighted by Gasteiger charge is -2.41. The Labute approximate surface area is 367 Å². The van der Waals surface area contributed by atoms with Crippen LogP contribution in [0.5, 0.6) is 5.75 Å². The van der Waals surface area contributed by atoms with E-state index in [0.29, 0.717) is 91.4 Å². The average Bonchev–Trinajstić information content (AvgIpc) is 3.22. The highest BCUT2D eigenvalue weighted by Crippen LogP contribution is 2.33. The molecule has 16 heteroatoms. The molecule has 0 fully saturated rings. The molecule has 62 heavy (non-hydrogen) atoms. The highest BCUT2D eigenvalue weighted by molar-refractivity contribution is 5.93. The molecule has 4 rings (SSSR count). The van der Waals surface area contributed by atoms with E-state index in [2.05, 4.69) is 28.1 Å². The average molecular weight is 871 g/mol. The minimum Gasteiger partial charge on any atom is -0.491 e. The number of carbonyl (C=O) groups excluding carboxylic acids is 4. The standard InChI is InChI=1S/C46H70N4O12/c1-45(2,3)41(49-40(51)32-55-7)43(53)50-31-35-29-36(16-15-34(35)30-39(50)42(52)48-38-14-10-12-33-11-8-9-13-37(33)38)61-28-27-60-26-25-59-24-23-58-22-21-57-20-19-56-18-17-47-44(54)62-46(4,5)6/h8-9,11,13,15-16,29,38-39,41H,10,12,14,17-28,30-32H2,1-7H3,(H,47,54)(H,48,52)(H,49,51)/t38-,39+,41-/m1/s1. The zero-order chi connectivity index (χ0) is 45.0. The van der Waals surface area contributed by atoms with Crippen LogP contribution in [0.1, 0.15) is 82.7 Å². The smallest absolute Gasteiger partial charge is 0.407 e. The first-order valence-corrected chi connectivity index (χ1v) is 21.7. The van der Waals surface area contributed by atoms with E-state index in [1.54, 1.807) is 4.90 Å². The van der Waals surface area contributed by atoms with E-state index in [1.807, 2.05) is 71.9 Å². The summed E-state index contributed by atoms with van der Waals surface area (Å²) in [5.41, 5.74) is 3.00. The molecule has 4 amide bonds. The molecule has 1 aliphatic heterocycles. The van der Waals surface area contributed by atoms with Crippen molar-refractivity contribution in [1.29, 1.82) is 0 Å². The summed E-state index contributed by atoms with van der Waals surface area (Å²) < 4.78 is 44.0. The van der Waals surface area contributed by atoms with E-state index in [-0.39, 0.29) is 31.0 Å². The largest absolute Gasteiger partial charge is 0.491 e. The fraction of sp³-hybridized carbons (Fsp3) is 0.652. The lowest BCUT2D eigenvalue weighted by atomic mass is 9.84. The summed E-state index contributed by atoms with van der Waals surface area (Å²) in [5.74, 6) is -0.332. The highest BCUT2D eigenvalue weighted by Gasteiger charge is 2.42. The van der Waals surface area contributed by atoms with E-state index in [4.69, 9.17) is 37.9 Å². The van der Waals surface area contributed by atoms with Gasteiger partial charge in [-0.3, -0.25) is 14.4 Å². The number of rotatable bonds is 25. The molecule has 0 saturated heterocycles. The van der Waals surface area contributed by atoms with E-state index < -0.39 is 35.1 Å². The molecule has 2 aliphatic rings. The maximum atomic E-state index is 14.5. The lowest BCUT2D eigenvalue weighted by molar-refractivity contribution is -0.147. The maximum Gasteiger partial charge on any atom is 0.407 e. The zero-order valence-corrected chi connectivity index (χ0v) is 37.8. The Morgan fingerprint density at radius 1 is 0.758 bits per heavy atom. The summed E-state index contributed by atoms with van der Waals surface area (Å²) in [6.45, 7) is 15.8. The molecule has 346 valence electrons. The minimum atomic E-state index is -0.892. The lowest BCUT2D eigenvalue weighted by Crippen LogP contribution is -2.61. The number of methoxy groups -OCH3 is 1. The Kier molecular flexibility index (Phi) is 20.9. The fourth-order valence-electron chi connectivity index (χ4n) is 7.18. The summed E-state index contributed by atoms with van der Waals surface area (Å²) >= 11 is 0. The number of fused-ring (bicyclic) bond motifs is 2. The maximum absolute atomic E-state index is 14.5. The first-order chi connectivity index (χ1) is 29.7. The van der Waals surface area contributed by atoms with Crippen molar-refractivity contribution in [3.05, 3.63) is 64.7 Å². The van der Waals surface area contributed by atoms with Gasteiger partial charge in [-0.1, -0.05) is 51.1 Å². The van der Waals surface area contributed by atoms with Gasteiger partial charge >= 0.3 is 6.09 Å². The number of benzene rings is 2. The van der Waals surface area contributed by atoms with Crippen molar-refractivity contribution in [2.75, 3.05) is 92.9 Å². The topological polar surface area (TPSA) is 181 Å². The predicted octanol–water partition coefficient (Wildman–Crippen LogP) is 4.30. The molecule has 0 saturated carbocycles. The fourth-order valence-corrected chi connectivity index (χ4v) is 7.18. The molecule has 0 radical (unpaired) electrons. The first-order valence-electron chi connectivity index (χ1n) is 21.7. The van der Waals surface area contributed by atoms with Gasteiger partial charge in [-0.05, 0) is 79.8 Å². The second-order valence-electron chi connectivity index (χ2n) is 17.4. The van der Waals surface area contributed by atoms with Crippen LogP contribution in [0, 0.1) is 5.41 Å². The summed E-state index contributed by atoms with van der Waals surface area (Å²) in [6, 6.07) is 12.1. The van der Waals surface area contributed by atoms with Crippen LogP contribution in [0.15, 0.2) is 42.5 Å². The van der Waals surface area contributed by atoms with Gasteiger partial charge < -0.3 is 58.7 Å². The molecule has 3 atom stereocenters. The van der Waals surface area contributed by atoms with Crippen molar-refractivity contribution in [3.8, 4) is 5.75 Å². The highest BCUT2D eigenvalue weighted by atomic mass is 16.6. The second kappa shape index (κ2) is 25.7. The normalized spacial score (nSPS) is 16.7. The van der Waals surface area contributed by atoms with Crippen LogP contribution in [0.3, 0.4) is 0 Å². The molecule has 2 aromatic rings. The summed E-state index contributed by atoms with van der Waals surface area (Å²) in [7, 11) is 1.43. The molecule has 1 aliphatic carbocycles. The molecule has 0 aromatic heterocycles. The third-order valence-corrected chi connectivity index (χ3v) is 10.2. The SMILES string of the molecule is COCC(=O)N[C@H](C(=O)N1Cc2cc(OCCOCCOCCOCCOCCOCCNC(=O)OC(C)(C)C)ccc2C[C@H]1C(=O)N[C@@H]1CCCc2ccccc21)C(C)(C)C. The number of aryl methyl sites for hydroxylation is 1. The summed E-state index contributed by atoms with van der Waals surface area (Å²) in [6.07, 6.45) is 2.61. The molecule has 0 spiro atoms. The number of alkyl carbamates (subject to hydrolysis) is 1. The van der Waals surface area contributed by atoms with Gasteiger partial charge in [0.1, 0.15) is 36.6 Å². The monoisotopic (exact) mass is 870 g/mol. The number of hydrogen-bond acceptors (Lipinski definition) is 12. The van der Waals surface area contributed by atoms with E-state index in [1.165, 1.54) is 12.7 Å². The van der Waals surface area contributed by atoms with Crippen LogP contribution in [-0.2, 0) is 66.9 Å². The van der Waals surface area contributed by atoms with Gasteiger partial charge in [-0.15, -0.1) is 0 Å². The summed E-state index contributed by atoms with van der Waals surface area (Å²) in [5, 5.41) is 8.78. The number of hydrogen-bond donors (Lipinski definition) is 3. The van der Waals surface area contributed by atoms with Crippen molar-refractivity contribution < 1.29 is 57.1 Å². The van der Waals surface area contributed by atoms with Crippen molar-refractivity contribution in [2.24, 2.45) is 5.41 Å². The zero-order valence-electron chi connectivity index (χ0n) is 37.8. The van der Waals surface area contributed by atoms with Crippen LogP contribution in [0.2, 0.25) is 0 Å². The van der Waals surface area contributed by atoms with Gasteiger partial charge in [-0.25, -0.2) is 4.79 Å².